The van der Waals surface area contributed by atoms with Gasteiger partial charge in [0, 0.05) is 30.6 Å². The quantitative estimate of drug-likeness (QED) is 0.536. The van der Waals surface area contributed by atoms with Gasteiger partial charge in [-0.3, -0.25) is 4.79 Å². The maximum Gasteiger partial charge on any atom is 0.254 e. The van der Waals surface area contributed by atoms with Crippen molar-refractivity contribution in [3.05, 3.63) is 65.1 Å². The maximum atomic E-state index is 13.9. The molecule has 0 aliphatic heterocycles. The van der Waals surface area contributed by atoms with Crippen LogP contribution in [0.15, 0.2) is 40.9 Å². The number of ether oxygens (including phenoxy) is 2. The first-order chi connectivity index (χ1) is 15.5. The van der Waals surface area contributed by atoms with Crippen molar-refractivity contribution in [2.75, 3.05) is 13.7 Å². The third kappa shape index (κ3) is 4.88. The highest BCUT2D eigenvalue weighted by atomic mass is 19.1. The van der Waals surface area contributed by atoms with Gasteiger partial charge in [0.25, 0.3) is 5.91 Å². The molecule has 1 fully saturated rings. The molecule has 0 spiro atoms. The van der Waals surface area contributed by atoms with E-state index in [0.717, 1.165) is 12.8 Å². The Labute approximate surface area is 185 Å². The van der Waals surface area contributed by atoms with Crippen LogP contribution in [-0.4, -0.2) is 34.6 Å². The lowest BCUT2D eigenvalue weighted by atomic mass is 10.1. The highest BCUT2D eigenvalue weighted by Crippen LogP contribution is 2.39. The Morgan fingerprint density at radius 2 is 2.06 bits per heavy atom. The van der Waals surface area contributed by atoms with Crippen molar-refractivity contribution < 1.29 is 23.2 Å². The summed E-state index contributed by atoms with van der Waals surface area (Å²) in [5, 5.41) is 4.00. The molecule has 1 heterocycles. The third-order valence-corrected chi connectivity index (χ3v) is 5.22. The number of carbonyl (C=O) groups is 1. The number of methoxy groups -OCH3 is 1. The fourth-order valence-electron chi connectivity index (χ4n) is 3.32. The Morgan fingerprint density at radius 3 is 2.75 bits per heavy atom. The van der Waals surface area contributed by atoms with Crippen LogP contribution in [0.4, 0.5) is 4.39 Å². The van der Waals surface area contributed by atoms with Gasteiger partial charge in [-0.15, -0.1) is 0 Å². The molecule has 3 aromatic rings. The molecule has 0 unspecified atom stereocenters. The zero-order valence-electron chi connectivity index (χ0n) is 18.0. The van der Waals surface area contributed by atoms with Gasteiger partial charge in [-0.05, 0) is 55.7 Å². The first-order valence-corrected chi connectivity index (χ1v) is 10.5. The number of rotatable bonds is 9. The molecule has 0 bridgehead atoms. The van der Waals surface area contributed by atoms with Crippen LogP contribution in [0.3, 0.4) is 0 Å². The van der Waals surface area contributed by atoms with Crippen molar-refractivity contribution in [2.45, 2.75) is 38.8 Å². The molecule has 1 aliphatic carbocycles. The summed E-state index contributed by atoms with van der Waals surface area (Å²) in [5.74, 6) is 1.74. The van der Waals surface area contributed by atoms with Gasteiger partial charge < -0.3 is 24.6 Å². The predicted molar refractivity (Wildman–Crippen MR) is 114 cm³/mol. The van der Waals surface area contributed by atoms with Gasteiger partial charge in [0.15, 0.2) is 17.3 Å². The Hall–Kier alpha value is -3.46. The molecule has 2 N–H and O–H groups in total. The summed E-state index contributed by atoms with van der Waals surface area (Å²) in [5.41, 5.74) is 6.60. The summed E-state index contributed by atoms with van der Waals surface area (Å²) in [6, 6.07) is 9.10. The molecule has 168 valence electrons. The van der Waals surface area contributed by atoms with Gasteiger partial charge in [-0.25, -0.2) is 4.39 Å². The molecule has 8 nitrogen and oxygen atoms in total. The van der Waals surface area contributed by atoms with Crippen molar-refractivity contribution in [1.82, 2.24) is 15.0 Å². The Kier molecular flexibility index (Phi) is 6.36. The second kappa shape index (κ2) is 9.35. The highest BCUT2D eigenvalue weighted by Gasteiger charge is 2.30. The number of benzene rings is 2. The molecule has 32 heavy (non-hydrogen) atoms. The monoisotopic (exact) mass is 440 g/mol. The van der Waals surface area contributed by atoms with Crippen LogP contribution < -0.4 is 15.2 Å². The molecule has 1 amide bonds. The lowest BCUT2D eigenvalue weighted by Gasteiger charge is -2.20. The normalized spacial score (nSPS) is 13.1. The fraction of sp³-hybridized carbons (Fsp3) is 0.348. The van der Waals surface area contributed by atoms with Crippen molar-refractivity contribution in [3.63, 3.8) is 0 Å². The van der Waals surface area contributed by atoms with Crippen molar-refractivity contribution in [2.24, 2.45) is 5.73 Å². The van der Waals surface area contributed by atoms with Crippen LogP contribution in [-0.2, 0) is 13.1 Å². The lowest BCUT2D eigenvalue weighted by Crippen LogP contribution is -2.30. The number of nitrogens with zero attached hydrogens (tertiary/aromatic N) is 3. The smallest absolute Gasteiger partial charge is 0.254 e. The van der Waals surface area contributed by atoms with Gasteiger partial charge in [0.2, 0.25) is 5.89 Å². The Balaban J connectivity index is 1.55. The van der Waals surface area contributed by atoms with E-state index in [1.54, 1.807) is 29.2 Å². The molecule has 1 aromatic heterocycles. The highest BCUT2D eigenvalue weighted by molar-refractivity contribution is 5.94. The second-order valence-corrected chi connectivity index (χ2v) is 7.61. The van der Waals surface area contributed by atoms with E-state index in [0.29, 0.717) is 46.8 Å². The SMILES string of the molecule is CCN(Cc1noc(C2CC2)n1)C(=O)c1ccc(OC)c(Oc2cc(F)cc(CN)c2)c1. The summed E-state index contributed by atoms with van der Waals surface area (Å²) in [4.78, 5) is 19.2. The number of hydrogen-bond acceptors (Lipinski definition) is 7. The van der Waals surface area contributed by atoms with E-state index in [2.05, 4.69) is 10.1 Å². The summed E-state index contributed by atoms with van der Waals surface area (Å²) >= 11 is 0. The summed E-state index contributed by atoms with van der Waals surface area (Å²) in [6.45, 7) is 2.74. The molecular weight excluding hydrogens is 415 g/mol. The summed E-state index contributed by atoms with van der Waals surface area (Å²) in [6.07, 6.45) is 2.12. The first-order valence-electron chi connectivity index (χ1n) is 10.5. The van der Waals surface area contributed by atoms with E-state index >= 15 is 0 Å². The third-order valence-electron chi connectivity index (χ3n) is 5.22. The van der Waals surface area contributed by atoms with Crippen molar-refractivity contribution in [1.29, 1.82) is 0 Å². The average Bonchev–Trinajstić information content (AvgIpc) is 3.54. The lowest BCUT2D eigenvalue weighted by molar-refractivity contribution is 0.0747. The number of nitrogens with two attached hydrogens (primary N) is 1. The minimum Gasteiger partial charge on any atom is -0.493 e. The average molecular weight is 440 g/mol. The van der Waals surface area contributed by atoms with Gasteiger partial charge in [0.1, 0.15) is 11.6 Å². The van der Waals surface area contributed by atoms with E-state index in [9.17, 15) is 9.18 Å². The standard InChI is InChI=1S/C23H25FN4O4/c1-3-28(13-21-26-22(32-27-21)15-4-5-15)23(29)16-6-7-19(30-2)20(10-16)31-18-9-14(12-25)8-17(24)11-18/h6-11,15H,3-5,12-13,25H2,1-2H3. The predicted octanol–water partition coefficient (Wildman–Crippen LogP) is 4.01. The molecule has 0 saturated heterocycles. The van der Waals surface area contributed by atoms with Crippen molar-refractivity contribution in [3.8, 4) is 17.2 Å². The minimum atomic E-state index is -0.461. The molecule has 1 aliphatic rings. The fourth-order valence-corrected chi connectivity index (χ4v) is 3.32. The number of amides is 1. The molecule has 0 radical (unpaired) electrons. The Morgan fingerprint density at radius 1 is 1.25 bits per heavy atom. The molecule has 0 atom stereocenters. The van der Waals surface area contributed by atoms with E-state index < -0.39 is 5.82 Å². The first kappa shape index (κ1) is 21.8. The van der Waals surface area contributed by atoms with E-state index in [1.165, 1.54) is 19.2 Å². The number of halogens is 1. The number of hydrogen-bond donors (Lipinski definition) is 1. The van der Waals surface area contributed by atoms with Gasteiger partial charge in [-0.1, -0.05) is 5.16 Å². The van der Waals surface area contributed by atoms with E-state index in [1.807, 2.05) is 6.92 Å². The second-order valence-electron chi connectivity index (χ2n) is 7.61. The van der Waals surface area contributed by atoms with Crippen LogP contribution in [0.25, 0.3) is 0 Å². The van der Waals surface area contributed by atoms with Gasteiger partial charge >= 0.3 is 0 Å². The summed E-state index contributed by atoms with van der Waals surface area (Å²) in [7, 11) is 1.49. The van der Waals surface area contributed by atoms with Crippen LogP contribution in [0, 0.1) is 5.82 Å². The largest absolute Gasteiger partial charge is 0.493 e. The Bertz CT molecular complexity index is 1110. The zero-order valence-corrected chi connectivity index (χ0v) is 18.0. The minimum absolute atomic E-state index is 0.174. The number of aromatic nitrogens is 2. The zero-order chi connectivity index (χ0) is 22.7. The van der Waals surface area contributed by atoms with Crippen LogP contribution >= 0.6 is 0 Å². The molecule has 1 saturated carbocycles. The summed E-state index contributed by atoms with van der Waals surface area (Å²) < 4.78 is 30.4. The van der Waals surface area contributed by atoms with Crippen LogP contribution in [0.5, 0.6) is 17.2 Å². The maximum absolute atomic E-state index is 13.9. The van der Waals surface area contributed by atoms with E-state index in [-0.39, 0.29) is 24.7 Å². The topological polar surface area (TPSA) is 104 Å². The molecule has 2 aromatic carbocycles. The number of carbonyl (C=O) groups excluding carboxylic acids is 1. The van der Waals surface area contributed by atoms with Gasteiger partial charge in [0.05, 0.1) is 13.7 Å². The molecule has 4 rings (SSSR count). The van der Waals surface area contributed by atoms with Gasteiger partial charge in [-0.2, -0.15) is 4.98 Å². The molecular formula is C23H25FN4O4. The van der Waals surface area contributed by atoms with E-state index in [4.69, 9.17) is 19.7 Å². The van der Waals surface area contributed by atoms with Crippen LogP contribution in [0.1, 0.15) is 53.3 Å². The van der Waals surface area contributed by atoms with Crippen LogP contribution in [0.2, 0.25) is 0 Å². The molecule has 9 heteroatoms. The van der Waals surface area contributed by atoms with Crippen molar-refractivity contribution >= 4 is 5.91 Å².